The standard InChI is InChI=1S/C43H49N3O7SSi/c1-42(2,3)55(6,7)53-37-35(52-40(38(37)54)46-27-26-36(45-41(46)48)44-39(47)29-14-10-8-11-15-29)28-51-43(30-16-12-9-13-17-30,31-18-22-33(49-4)23-19-31)32-20-24-34(50-5)25-21-32/h8-27,35,37-38,40,54H,28H2,1-7H3,(H,44,45,47,48)/t35-,37-,38-,40-/m1/s1. The molecule has 1 aliphatic heterocycles. The van der Waals surface area contributed by atoms with Gasteiger partial charge in [-0.2, -0.15) is 17.6 Å². The van der Waals surface area contributed by atoms with Crippen LogP contribution in [-0.2, 0) is 19.5 Å². The zero-order chi connectivity index (χ0) is 39.4. The fraction of sp³-hybridized carbons (Fsp3) is 0.326. The van der Waals surface area contributed by atoms with Gasteiger partial charge in [-0.15, -0.1) is 0 Å². The number of carbonyl (C=O) groups excluding carboxylic acids is 1. The molecule has 0 radical (unpaired) electrons. The molecule has 0 bridgehead atoms. The van der Waals surface area contributed by atoms with Gasteiger partial charge in [0.1, 0.15) is 29.0 Å². The topological polar surface area (TPSA) is 110 Å². The number of hydrogen-bond donors (Lipinski definition) is 2. The molecule has 288 valence electrons. The lowest BCUT2D eigenvalue weighted by atomic mass is 9.80. The van der Waals surface area contributed by atoms with Crippen LogP contribution in [0.3, 0.4) is 0 Å². The van der Waals surface area contributed by atoms with Gasteiger partial charge in [0.05, 0.1) is 32.2 Å². The van der Waals surface area contributed by atoms with Crippen molar-refractivity contribution in [2.24, 2.45) is 0 Å². The zero-order valence-corrected chi connectivity index (χ0v) is 34.2. The highest BCUT2D eigenvalue weighted by atomic mass is 32.1. The van der Waals surface area contributed by atoms with Gasteiger partial charge in [0.25, 0.3) is 5.91 Å². The van der Waals surface area contributed by atoms with E-state index >= 15 is 0 Å². The first-order valence-corrected chi connectivity index (χ1v) is 21.7. The second-order valence-corrected chi connectivity index (χ2v) is 20.4. The first kappa shape index (κ1) is 40.0. The molecule has 5 aromatic rings. The molecule has 0 unspecified atom stereocenters. The molecule has 0 aliphatic carbocycles. The second-order valence-electron chi connectivity index (χ2n) is 15.0. The van der Waals surface area contributed by atoms with Gasteiger partial charge in [0, 0.05) is 11.8 Å². The highest BCUT2D eigenvalue weighted by Gasteiger charge is 2.51. The van der Waals surface area contributed by atoms with Crippen LogP contribution in [0.5, 0.6) is 11.5 Å². The number of anilines is 1. The van der Waals surface area contributed by atoms with E-state index in [1.807, 2.05) is 84.9 Å². The van der Waals surface area contributed by atoms with Crippen LogP contribution in [0.4, 0.5) is 5.82 Å². The lowest BCUT2D eigenvalue weighted by molar-refractivity contribution is -0.0927. The number of nitrogens with one attached hydrogen (secondary N) is 1. The maximum atomic E-state index is 13.6. The summed E-state index contributed by atoms with van der Waals surface area (Å²) in [4.78, 5) is 30.6. The fourth-order valence-electron chi connectivity index (χ4n) is 6.48. The molecule has 2 heterocycles. The number of carbonyl (C=O) groups is 1. The van der Waals surface area contributed by atoms with E-state index in [0.717, 1.165) is 16.7 Å². The molecule has 6 rings (SSSR count). The summed E-state index contributed by atoms with van der Waals surface area (Å²) in [5.41, 5.74) is 1.39. The number of benzene rings is 4. The van der Waals surface area contributed by atoms with Gasteiger partial charge in [-0.05, 0) is 77.3 Å². The van der Waals surface area contributed by atoms with Crippen molar-refractivity contribution in [2.75, 3.05) is 26.1 Å². The summed E-state index contributed by atoms with van der Waals surface area (Å²) in [7, 11) is 0.868. The zero-order valence-electron chi connectivity index (χ0n) is 32.3. The molecule has 10 nitrogen and oxygen atoms in total. The molecule has 1 fully saturated rings. The van der Waals surface area contributed by atoms with Crippen LogP contribution in [0, 0.1) is 0 Å². The van der Waals surface area contributed by atoms with Gasteiger partial charge in [-0.25, -0.2) is 4.79 Å². The van der Waals surface area contributed by atoms with Crippen LogP contribution >= 0.6 is 12.6 Å². The van der Waals surface area contributed by atoms with Crippen molar-refractivity contribution in [3.8, 4) is 11.5 Å². The summed E-state index contributed by atoms with van der Waals surface area (Å²) in [6.45, 7) is 11.0. The fourth-order valence-corrected chi connectivity index (χ4v) is 8.40. The number of ether oxygens (including phenoxy) is 4. The minimum absolute atomic E-state index is 0.0766. The van der Waals surface area contributed by atoms with Crippen LogP contribution < -0.4 is 20.5 Å². The maximum Gasteiger partial charge on any atom is 0.351 e. The van der Waals surface area contributed by atoms with Crippen molar-refractivity contribution in [3.05, 3.63) is 154 Å². The van der Waals surface area contributed by atoms with Crippen molar-refractivity contribution in [2.45, 2.75) is 68.2 Å². The molecule has 55 heavy (non-hydrogen) atoms. The normalized spacial score (nSPS) is 18.8. The van der Waals surface area contributed by atoms with Gasteiger partial charge in [0.2, 0.25) is 0 Å². The summed E-state index contributed by atoms with van der Waals surface area (Å²) in [5.74, 6) is 1.19. The van der Waals surface area contributed by atoms with Crippen molar-refractivity contribution in [1.82, 2.24) is 9.55 Å². The van der Waals surface area contributed by atoms with Crippen LogP contribution in [0.2, 0.25) is 18.1 Å². The first-order valence-electron chi connectivity index (χ1n) is 18.2. The van der Waals surface area contributed by atoms with Crippen LogP contribution in [0.1, 0.15) is 54.0 Å². The average molecular weight is 780 g/mol. The third kappa shape index (κ3) is 8.43. The summed E-state index contributed by atoms with van der Waals surface area (Å²) < 4.78 is 33.6. The van der Waals surface area contributed by atoms with Gasteiger partial charge >= 0.3 is 5.69 Å². The Bertz CT molecular complexity index is 2060. The smallest absolute Gasteiger partial charge is 0.351 e. The molecule has 1 saturated heterocycles. The number of rotatable bonds is 13. The maximum absolute atomic E-state index is 13.6. The van der Waals surface area contributed by atoms with Gasteiger partial charge in [-0.1, -0.05) is 93.6 Å². The summed E-state index contributed by atoms with van der Waals surface area (Å²) >= 11 is 5.09. The predicted molar refractivity (Wildman–Crippen MR) is 220 cm³/mol. The number of hydrogen-bond acceptors (Lipinski definition) is 9. The Morgan fingerprint density at radius 1 is 0.818 bits per heavy atom. The Morgan fingerprint density at radius 2 is 1.35 bits per heavy atom. The molecule has 0 spiro atoms. The van der Waals surface area contributed by atoms with E-state index in [4.69, 9.17) is 36.0 Å². The Kier molecular flexibility index (Phi) is 12.0. The highest BCUT2D eigenvalue weighted by Crippen LogP contribution is 2.45. The van der Waals surface area contributed by atoms with E-state index < -0.39 is 43.3 Å². The first-order chi connectivity index (χ1) is 26.3. The SMILES string of the molecule is COc1ccc(C(OC[C@H]2O[C@@H](n3ccc(NC(=O)c4ccccc4)nc3=O)[C@H](S)[C@@H]2O[Si](C)(C)C(C)(C)C)(c2ccccc2)c2ccc(OC)cc2)cc1. The molecule has 1 aliphatic rings. The molecule has 4 aromatic carbocycles. The summed E-state index contributed by atoms with van der Waals surface area (Å²) in [6.07, 6.45) is -0.484. The Morgan fingerprint density at radius 3 is 1.85 bits per heavy atom. The molecule has 1 amide bonds. The van der Waals surface area contributed by atoms with Crippen molar-refractivity contribution >= 4 is 32.7 Å². The number of aromatic nitrogens is 2. The molecular weight excluding hydrogens is 731 g/mol. The van der Waals surface area contributed by atoms with Crippen molar-refractivity contribution < 1.29 is 28.2 Å². The van der Waals surface area contributed by atoms with Crippen molar-refractivity contribution in [1.29, 1.82) is 0 Å². The number of thiol groups is 1. The third-order valence-corrected chi connectivity index (χ3v) is 15.6. The Hall–Kier alpha value is -4.72. The predicted octanol–water partition coefficient (Wildman–Crippen LogP) is 8.11. The lowest BCUT2D eigenvalue weighted by Crippen LogP contribution is -2.49. The molecule has 12 heteroatoms. The number of nitrogens with zero attached hydrogens (tertiary/aromatic N) is 2. The van der Waals surface area contributed by atoms with Crippen LogP contribution in [0.25, 0.3) is 0 Å². The van der Waals surface area contributed by atoms with Gasteiger partial charge in [0.15, 0.2) is 14.5 Å². The molecular formula is C43H49N3O7SSi. The lowest BCUT2D eigenvalue weighted by Gasteiger charge is -2.41. The van der Waals surface area contributed by atoms with Gasteiger partial charge < -0.3 is 28.7 Å². The largest absolute Gasteiger partial charge is 0.497 e. The van der Waals surface area contributed by atoms with E-state index in [0.29, 0.717) is 17.1 Å². The minimum Gasteiger partial charge on any atom is -0.497 e. The quantitative estimate of drug-likeness (QED) is 0.0701. The van der Waals surface area contributed by atoms with E-state index in [1.165, 1.54) is 4.57 Å². The molecule has 1 aromatic heterocycles. The van der Waals surface area contributed by atoms with Crippen LogP contribution in [-0.4, -0.2) is 62.1 Å². The molecule has 1 N–H and O–H groups in total. The van der Waals surface area contributed by atoms with Crippen molar-refractivity contribution in [3.63, 3.8) is 0 Å². The second kappa shape index (κ2) is 16.6. The summed E-state index contributed by atoms with van der Waals surface area (Å²) in [5, 5.41) is 2.02. The van der Waals surface area contributed by atoms with Crippen LogP contribution in [0.15, 0.2) is 126 Å². The molecule has 0 saturated carbocycles. The van der Waals surface area contributed by atoms with Gasteiger partial charge in [-0.3, -0.25) is 9.36 Å². The van der Waals surface area contributed by atoms with E-state index in [1.54, 1.807) is 50.7 Å². The van der Waals surface area contributed by atoms with E-state index in [9.17, 15) is 9.59 Å². The van der Waals surface area contributed by atoms with E-state index in [-0.39, 0.29) is 23.4 Å². The monoisotopic (exact) mass is 779 g/mol. The number of amides is 1. The minimum atomic E-state index is -2.41. The Balaban J connectivity index is 1.39. The number of methoxy groups -OCH3 is 2. The third-order valence-electron chi connectivity index (χ3n) is 10.6. The average Bonchev–Trinajstić information content (AvgIpc) is 3.48. The van der Waals surface area contributed by atoms with E-state index in [2.05, 4.69) is 44.2 Å². The summed E-state index contributed by atoms with van der Waals surface area (Å²) in [6, 6.07) is 36.0. The highest BCUT2D eigenvalue weighted by molar-refractivity contribution is 7.81. The Labute approximate surface area is 329 Å². The molecule has 4 atom stereocenters.